The van der Waals surface area contributed by atoms with Crippen molar-refractivity contribution in [2.75, 3.05) is 32.7 Å². The number of carbonyl (C=O) groups is 3. The van der Waals surface area contributed by atoms with Crippen LogP contribution in [-0.2, 0) is 19.1 Å². The van der Waals surface area contributed by atoms with E-state index < -0.39 is 11.8 Å². The molecule has 9 nitrogen and oxygen atoms in total. The van der Waals surface area contributed by atoms with Crippen molar-refractivity contribution in [2.45, 2.75) is 13.3 Å². The standard InChI is InChI=1S/C16H22N4O5/c1-11(19-20-16(23)15(22)17-8-9-24-2)10-14(21)18-12-4-6-13(25-3)7-5-12/h4-7H,8-10H2,1-3H3,(H,17,22)(H,18,21)(H,20,23). The zero-order chi connectivity index (χ0) is 18.7. The second-order valence-electron chi connectivity index (χ2n) is 4.99. The highest BCUT2D eigenvalue weighted by molar-refractivity contribution is 6.35. The molecule has 0 saturated carbocycles. The van der Waals surface area contributed by atoms with Crippen LogP contribution in [0.15, 0.2) is 29.4 Å². The van der Waals surface area contributed by atoms with E-state index in [0.29, 0.717) is 23.8 Å². The minimum absolute atomic E-state index is 0.0302. The number of nitrogens with one attached hydrogen (secondary N) is 3. The third-order valence-corrected chi connectivity index (χ3v) is 2.94. The molecule has 0 aliphatic heterocycles. The van der Waals surface area contributed by atoms with Crippen LogP contribution in [0.1, 0.15) is 13.3 Å². The maximum Gasteiger partial charge on any atom is 0.329 e. The molecule has 3 N–H and O–H groups in total. The Morgan fingerprint density at radius 1 is 1.08 bits per heavy atom. The van der Waals surface area contributed by atoms with Gasteiger partial charge in [-0.25, -0.2) is 5.43 Å². The van der Waals surface area contributed by atoms with E-state index in [2.05, 4.69) is 21.2 Å². The Morgan fingerprint density at radius 3 is 2.36 bits per heavy atom. The third kappa shape index (κ3) is 7.93. The van der Waals surface area contributed by atoms with Gasteiger partial charge >= 0.3 is 11.8 Å². The summed E-state index contributed by atoms with van der Waals surface area (Å²) in [6.07, 6.45) is -0.0302. The van der Waals surface area contributed by atoms with Gasteiger partial charge in [0.1, 0.15) is 5.75 Å². The summed E-state index contributed by atoms with van der Waals surface area (Å²) in [6, 6.07) is 6.85. The van der Waals surface area contributed by atoms with Gasteiger partial charge in [0.15, 0.2) is 0 Å². The zero-order valence-electron chi connectivity index (χ0n) is 14.4. The SMILES string of the molecule is COCCNC(=O)C(=O)NN=C(C)CC(=O)Nc1ccc(OC)cc1. The number of nitrogens with zero attached hydrogens (tertiary/aromatic N) is 1. The van der Waals surface area contributed by atoms with E-state index >= 15 is 0 Å². The van der Waals surface area contributed by atoms with Crippen LogP contribution in [-0.4, -0.2) is 50.8 Å². The molecule has 0 saturated heterocycles. The lowest BCUT2D eigenvalue weighted by atomic mass is 10.2. The molecule has 0 aliphatic rings. The summed E-state index contributed by atoms with van der Waals surface area (Å²) in [5, 5.41) is 8.77. The van der Waals surface area contributed by atoms with Gasteiger partial charge in [-0.2, -0.15) is 5.10 Å². The summed E-state index contributed by atoms with van der Waals surface area (Å²) in [4.78, 5) is 34.8. The van der Waals surface area contributed by atoms with Crippen LogP contribution >= 0.6 is 0 Å². The number of hydrogen-bond donors (Lipinski definition) is 3. The Bertz CT molecular complexity index is 628. The van der Waals surface area contributed by atoms with Gasteiger partial charge in [-0.1, -0.05) is 0 Å². The van der Waals surface area contributed by atoms with Crippen LogP contribution < -0.4 is 20.8 Å². The Labute approximate surface area is 145 Å². The van der Waals surface area contributed by atoms with Crippen LogP contribution in [0.4, 0.5) is 5.69 Å². The van der Waals surface area contributed by atoms with E-state index in [4.69, 9.17) is 9.47 Å². The van der Waals surface area contributed by atoms with Gasteiger partial charge in [0.25, 0.3) is 0 Å². The predicted molar refractivity (Wildman–Crippen MR) is 92.4 cm³/mol. The monoisotopic (exact) mass is 350 g/mol. The fraction of sp³-hybridized carbons (Fsp3) is 0.375. The van der Waals surface area contributed by atoms with Gasteiger partial charge in [-0.05, 0) is 31.2 Å². The zero-order valence-corrected chi connectivity index (χ0v) is 14.4. The van der Waals surface area contributed by atoms with Crippen LogP contribution in [0, 0.1) is 0 Å². The number of anilines is 1. The van der Waals surface area contributed by atoms with E-state index in [1.807, 2.05) is 0 Å². The topological polar surface area (TPSA) is 118 Å². The number of benzene rings is 1. The van der Waals surface area contributed by atoms with Crippen molar-refractivity contribution < 1.29 is 23.9 Å². The van der Waals surface area contributed by atoms with Gasteiger partial charge in [0.2, 0.25) is 5.91 Å². The Morgan fingerprint density at radius 2 is 1.76 bits per heavy atom. The number of hydrazone groups is 1. The number of rotatable bonds is 8. The van der Waals surface area contributed by atoms with Gasteiger partial charge < -0.3 is 20.1 Å². The van der Waals surface area contributed by atoms with Crippen molar-refractivity contribution in [3.05, 3.63) is 24.3 Å². The first-order valence-electron chi connectivity index (χ1n) is 7.50. The van der Waals surface area contributed by atoms with E-state index in [1.54, 1.807) is 38.3 Å². The van der Waals surface area contributed by atoms with Gasteiger partial charge in [-0.3, -0.25) is 14.4 Å². The minimum atomic E-state index is -0.911. The molecule has 0 atom stereocenters. The molecule has 9 heteroatoms. The molecule has 0 radical (unpaired) electrons. The minimum Gasteiger partial charge on any atom is -0.497 e. The molecule has 1 aromatic rings. The molecule has 25 heavy (non-hydrogen) atoms. The Kier molecular flexibility index (Phi) is 8.66. The molecular weight excluding hydrogens is 328 g/mol. The van der Waals surface area contributed by atoms with Crippen LogP contribution in [0.2, 0.25) is 0 Å². The number of carbonyl (C=O) groups excluding carboxylic acids is 3. The quantitative estimate of drug-likeness (QED) is 0.269. The van der Waals surface area contributed by atoms with Crippen LogP contribution in [0.25, 0.3) is 0 Å². The van der Waals surface area contributed by atoms with Crippen LogP contribution in [0.3, 0.4) is 0 Å². The maximum absolute atomic E-state index is 11.9. The smallest absolute Gasteiger partial charge is 0.329 e. The first-order valence-corrected chi connectivity index (χ1v) is 7.50. The first-order chi connectivity index (χ1) is 12.0. The molecule has 0 aliphatic carbocycles. The second kappa shape index (κ2) is 10.8. The summed E-state index contributed by atoms with van der Waals surface area (Å²) >= 11 is 0. The van der Waals surface area contributed by atoms with E-state index in [9.17, 15) is 14.4 Å². The normalized spacial score (nSPS) is 10.8. The summed E-state index contributed by atoms with van der Waals surface area (Å²) in [7, 11) is 3.04. The summed E-state index contributed by atoms with van der Waals surface area (Å²) in [5.74, 6) is -1.35. The highest BCUT2D eigenvalue weighted by Crippen LogP contribution is 2.15. The van der Waals surface area contributed by atoms with Crippen LogP contribution in [0.5, 0.6) is 5.75 Å². The Hall–Kier alpha value is -2.94. The molecule has 0 fully saturated rings. The van der Waals surface area contributed by atoms with Crippen molar-refractivity contribution in [1.82, 2.24) is 10.7 Å². The van der Waals surface area contributed by atoms with E-state index in [1.165, 1.54) is 7.11 Å². The van der Waals surface area contributed by atoms with Gasteiger partial charge in [0.05, 0.1) is 20.1 Å². The predicted octanol–water partition coefficient (Wildman–Crippen LogP) is 0.279. The largest absolute Gasteiger partial charge is 0.497 e. The summed E-state index contributed by atoms with van der Waals surface area (Å²) in [5.41, 5.74) is 3.06. The molecule has 3 amide bonds. The second-order valence-corrected chi connectivity index (χ2v) is 4.99. The van der Waals surface area contributed by atoms with Gasteiger partial charge in [0, 0.05) is 25.1 Å². The number of methoxy groups -OCH3 is 2. The number of amides is 3. The van der Waals surface area contributed by atoms with E-state index in [0.717, 1.165) is 0 Å². The third-order valence-electron chi connectivity index (χ3n) is 2.94. The van der Waals surface area contributed by atoms with Crippen molar-refractivity contribution >= 4 is 29.1 Å². The molecule has 0 unspecified atom stereocenters. The number of ether oxygens (including phenoxy) is 2. The van der Waals surface area contributed by atoms with Crippen molar-refractivity contribution in [3.63, 3.8) is 0 Å². The molecule has 0 heterocycles. The lowest BCUT2D eigenvalue weighted by Gasteiger charge is -2.06. The average molecular weight is 350 g/mol. The van der Waals surface area contributed by atoms with Crippen molar-refractivity contribution in [2.24, 2.45) is 5.10 Å². The Balaban J connectivity index is 2.41. The fourth-order valence-electron chi connectivity index (χ4n) is 1.70. The van der Waals surface area contributed by atoms with Crippen molar-refractivity contribution in [1.29, 1.82) is 0 Å². The first kappa shape index (κ1) is 20.1. The van der Waals surface area contributed by atoms with Crippen molar-refractivity contribution in [3.8, 4) is 5.75 Å². The molecular formula is C16H22N4O5. The lowest BCUT2D eigenvalue weighted by molar-refractivity contribution is -0.139. The molecule has 0 aromatic heterocycles. The highest BCUT2D eigenvalue weighted by Gasteiger charge is 2.12. The molecule has 136 valence electrons. The lowest BCUT2D eigenvalue weighted by Crippen LogP contribution is -2.39. The molecule has 1 rings (SSSR count). The summed E-state index contributed by atoms with van der Waals surface area (Å²) in [6.45, 7) is 2.08. The molecule has 0 bridgehead atoms. The fourth-order valence-corrected chi connectivity index (χ4v) is 1.70. The van der Waals surface area contributed by atoms with Gasteiger partial charge in [-0.15, -0.1) is 0 Å². The maximum atomic E-state index is 11.9. The highest BCUT2D eigenvalue weighted by atomic mass is 16.5. The van der Waals surface area contributed by atoms with E-state index in [-0.39, 0.29) is 18.9 Å². The molecule has 1 aromatic carbocycles. The molecule has 0 spiro atoms. The summed E-state index contributed by atoms with van der Waals surface area (Å²) < 4.78 is 9.78. The number of hydrogen-bond acceptors (Lipinski definition) is 6. The average Bonchev–Trinajstić information content (AvgIpc) is 2.60.